The molecule has 22 heavy (non-hydrogen) atoms. The summed E-state index contributed by atoms with van der Waals surface area (Å²) < 4.78 is 5.05. The molecule has 0 aliphatic rings. The van der Waals surface area contributed by atoms with Crippen molar-refractivity contribution in [3.63, 3.8) is 0 Å². The lowest BCUT2D eigenvalue weighted by molar-refractivity contribution is -0.117. The number of rotatable bonds is 10. The highest BCUT2D eigenvalue weighted by Gasteiger charge is 2.12. The van der Waals surface area contributed by atoms with Crippen LogP contribution in [0.5, 0.6) is 0 Å². The van der Waals surface area contributed by atoms with Crippen molar-refractivity contribution in [3.05, 3.63) is 36.5 Å². The normalized spacial score (nSPS) is 15.7. The fourth-order valence-corrected chi connectivity index (χ4v) is 1.41. The maximum atomic E-state index is 11.4. The number of aliphatic hydroxyl groups excluding tert-OH is 1. The summed E-state index contributed by atoms with van der Waals surface area (Å²) in [5, 5.41) is 21.8. The summed E-state index contributed by atoms with van der Waals surface area (Å²) in [4.78, 5) is 11.4. The first-order valence-electron chi connectivity index (χ1n) is 7.47. The molecule has 0 aliphatic heterocycles. The van der Waals surface area contributed by atoms with Crippen molar-refractivity contribution in [2.45, 2.75) is 51.4 Å². The highest BCUT2D eigenvalue weighted by molar-refractivity contribution is 5.87. The van der Waals surface area contributed by atoms with Gasteiger partial charge in [-0.15, -0.1) is 0 Å². The quantitative estimate of drug-likeness (QED) is 0.424. The van der Waals surface area contributed by atoms with Gasteiger partial charge in [0.05, 0.1) is 17.8 Å². The zero-order chi connectivity index (χ0) is 17.0. The van der Waals surface area contributed by atoms with E-state index in [1.54, 1.807) is 39.2 Å². The van der Waals surface area contributed by atoms with E-state index in [1.165, 1.54) is 6.08 Å². The maximum Gasteiger partial charge on any atom is 0.243 e. The fraction of sp³-hybridized carbons (Fsp3) is 0.588. The third kappa shape index (κ3) is 13.5. The first kappa shape index (κ1) is 20.6. The number of hydrogen-bond acceptors (Lipinski definition) is 4. The Hall–Kier alpha value is -1.43. The third-order valence-electron chi connectivity index (χ3n) is 2.79. The summed E-state index contributed by atoms with van der Waals surface area (Å²) in [6.45, 7) is 5.38. The molecule has 0 aromatic heterocycles. The van der Waals surface area contributed by atoms with Crippen molar-refractivity contribution in [2.24, 2.45) is 0 Å². The van der Waals surface area contributed by atoms with E-state index in [2.05, 4.69) is 5.32 Å². The molecule has 0 aromatic rings. The van der Waals surface area contributed by atoms with Crippen molar-refractivity contribution < 1.29 is 19.7 Å². The summed E-state index contributed by atoms with van der Waals surface area (Å²) in [6.07, 6.45) is 11.0. The Morgan fingerprint density at radius 1 is 1.32 bits per heavy atom. The highest BCUT2D eigenvalue weighted by Crippen LogP contribution is 2.01. The zero-order valence-corrected chi connectivity index (χ0v) is 14.0. The van der Waals surface area contributed by atoms with Gasteiger partial charge in [0.2, 0.25) is 5.91 Å². The molecule has 0 saturated carbocycles. The lowest BCUT2D eigenvalue weighted by Gasteiger charge is -2.16. The van der Waals surface area contributed by atoms with Crippen molar-refractivity contribution in [2.75, 3.05) is 13.7 Å². The van der Waals surface area contributed by atoms with E-state index < -0.39 is 11.7 Å². The van der Waals surface area contributed by atoms with Crippen LogP contribution in [0.2, 0.25) is 0 Å². The second-order valence-electron chi connectivity index (χ2n) is 5.79. The van der Waals surface area contributed by atoms with E-state index >= 15 is 0 Å². The van der Waals surface area contributed by atoms with Gasteiger partial charge in [0.25, 0.3) is 0 Å². The Morgan fingerprint density at radius 2 is 1.95 bits per heavy atom. The lowest BCUT2D eigenvalue weighted by Crippen LogP contribution is -2.37. The first-order valence-corrected chi connectivity index (χ1v) is 7.47. The van der Waals surface area contributed by atoms with E-state index in [4.69, 9.17) is 4.74 Å². The molecule has 2 atom stereocenters. The molecule has 1 amide bonds. The van der Waals surface area contributed by atoms with Gasteiger partial charge in [0, 0.05) is 13.7 Å². The van der Waals surface area contributed by atoms with Crippen LogP contribution < -0.4 is 5.32 Å². The van der Waals surface area contributed by atoms with E-state index in [-0.39, 0.29) is 18.6 Å². The number of carbonyl (C=O) groups excluding carboxylic acids is 1. The summed E-state index contributed by atoms with van der Waals surface area (Å²) in [7, 11) is 1.64. The third-order valence-corrected chi connectivity index (χ3v) is 2.79. The van der Waals surface area contributed by atoms with Gasteiger partial charge in [-0.05, 0) is 39.7 Å². The Balaban J connectivity index is 3.89. The van der Waals surface area contributed by atoms with Crippen LogP contribution in [0.3, 0.4) is 0 Å². The van der Waals surface area contributed by atoms with Gasteiger partial charge in [-0.25, -0.2) is 0 Å². The SMILES string of the molecule is COC(C)/C=C/C=C/[C@@H](O)CC/C=C/C(=O)NCC(C)(C)O. The minimum absolute atomic E-state index is 0.0483. The van der Waals surface area contributed by atoms with Crippen molar-refractivity contribution in [1.82, 2.24) is 5.32 Å². The van der Waals surface area contributed by atoms with Crippen molar-refractivity contribution in [1.29, 1.82) is 0 Å². The average Bonchev–Trinajstić information content (AvgIpc) is 2.45. The minimum Gasteiger partial charge on any atom is -0.389 e. The molecule has 126 valence electrons. The summed E-state index contributed by atoms with van der Waals surface area (Å²) in [5.74, 6) is -0.247. The van der Waals surface area contributed by atoms with E-state index in [1.807, 2.05) is 19.1 Å². The number of amides is 1. The Morgan fingerprint density at radius 3 is 2.55 bits per heavy atom. The number of allylic oxidation sites excluding steroid dienone is 3. The predicted molar refractivity (Wildman–Crippen MR) is 88.4 cm³/mol. The highest BCUT2D eigenvalue weighted by atomic mass is 16.5. The van der Waals surface area contributed by atoms with Crippen molar-refractivity contribution >= 4 is 5.91 Å². The molecule has 3 N–H and O–H groups in total. The van der Waals surface area contributed by atoms with Gasteiger partial charge in [-0.1, -0.05) is 30.4 Å². The van der Waals surface area contributed by atoms with Crippen LogP contribution in [-0.2, 0) is 9.53 Å². The number of aliphatic hydroxyl groups is 2. The smallest absolute Gasteiger partial charge is 0.243 e. The molecule has 0 fully saturated rings. The van der Waals surface area contributed by atoms with Gasteiger partial charge in [0.1, 0.15) is 0 Å². The molecule has 0 spiro atoms. The van der Waals surface area contributed by atoms with Crippen LogP contribution in [0.1, 0.15) is 33.6 Å². The van der Waals surface area contributed by atoms with Crippen LogP contribution >= 0.6 is 0 Å². The number of ether oxygens (including phenoxy) is 1. The molecule has 0 heterocycles. The van der Waals surface area contributed by atoms with Gasteiger partial charge in [-0.3, -0.25) is 4.79 Å². The topological polar surface area (TPSA) is 78.8 Å². The van der Waals surface area contributed by atoms with E-state index in [0.717, 1.165) is 0 Å². The Kier molecular flexibility index (Phi) is 10.5. The molecular weight excluding hydrogens is 282 g/mol. The predicted octanol–water partition coefficient (Wildman–Crippen LogP) is 1.72. The molecule has 1 unspecified atom stereocenters. The molecule has 0 aliphatic carbocycles. The monoisotopic (exact) mass is 311 g/mol. The van der Waals surface area contributed by atoms with Crippen molar-refractivity contribution in [3.8, 4) is 0 Å². The van der Waals surface area contributed by atoms with E-state index in [0.29, 0.717) is 12.8 Å². The molecule has 0 saturated heterocycles. The minimum atomic E-state index is -0.918. The molecule has 0 aromatic carbocycles. The number of hydrogen-bond donors (Lipinski definition) is 3. The molecule has 0 bridgehead atoms. The molecule has 0 radical (unpaired) electrons. The molecule has 0 rings (SSSR count). The van der Waals surface area contributed by atoms with Gasteiger partial charge in [-0.2, -0.15) is 0 Å². The van der Waals surface area contributed by atoms with Crippen LogP contribution in [0.15, 0.2) is 36.5 Å². The maximum absolute atomic E-state index is 11.4. The number of nitrogens with one attached hydrogen (secondary N) is 1. The van der Waals surface area contributed by atoms with Crippen LogP contribution in [0, 0.1) is 0 Å². The lowest BCUT2D eigenvalue weighted by atomic mass is 10.1. The summed E-state index contributed by atoms with van der Waals surface area (Å²) in [5.41, 5.74) is -0.918. The standard InChI is InChI=1S/C17H29NO4/c1-14(22-4)9-5-6-10-15(19)11-7-8-12-16(20)18-13-17(2,3)21/h5-6,8-10,12,14-15,19,21H,7,11,13H2,1-4H3,(H,18,20)/b9-5+,10-6+,12-8+/t14?,15-/m1/s1. The van der Waals surface area contributed by atoms with Gasteiger partial charge in [0.15, 0.2) is 0 Å². The summed E-state index contributed by atoms with van der Waals surface area (Å²) in [6, 6.07) is 0. The fourth-order valence-electron chi connectivity index (χ4n) is 1.41. The second kappa shape index (κ2) is 11.2. The molecule has 5 heteroatoms. The number of methoxy groups -OCH3 is 1. The van der Waals surface area contributed by atoms with Crippen LogP contribution in [0.25, 0.3) is 0 Å². The first-order chi connectivity index (χ1) is 10.2. The Bertz CT molecular complexity index is 394. The largest absolute Gasteiger partial charge is 0.389 e. The summed E-state index contributed by atoms with van der Waals surface area (Å²) >= 11 is 0. The van der Waals surface area contributed by atoms with Crippen LogP contribution in [0.4, 0.5) is 0 Å². The number of carbonyl (C=O) groups is 1. The Labute approximate surface area is 133 Å². The van der Waals surface area contributed by atoms with E-state index in [9.17, 15) is 15.0 Å². The zero-order valence-electron chi connectivity index (χ0n) is 14.0. The second-order valence-corrected chi connectivity index (χ2v) is 5.79. The van der Waals surface area contributed by atoms with Gasteiger partial charge < -0.3 is 20.3 Å². The molecule has 5 nitrogen and oxygen atoms in total. The molecular formula is C17H29NO4. The van der Waals surface area contributed by atoms with Crippen LogP contribution in [-0.4, -0.2) is 47.6 Å². The average molecular weight is 311 g/mol. The van der Waals surface area contributed by atoms with Gasteiger partial charge >= 0.3 is 0 Å².